The van der Waals surface area contributed by atoms with Gasteiger partial charge in [-0.3, -0.25) is 14.9 Å². The number of hydrogen-bond acceptors (Lipinski definition) is 5. The van der Waals surface area contributed by atoms with E-state index in [0.29, 0.717) is 17.4 Å². The zero-order valence-corrected chi connectivity index (χ0v) is 10.1. The Hall–Kier alpha value is -2.76. The summed E-state index contributed by atoms with van der Waals surface area (Å²) in [6.07, 6.45) is 2.00. The molecule has 0 aliphatic carbocycles. The first-order valence-corrected chi connectivity index (χ1v) is 5.45. The molecule has 2 aromatic rings. The number of nitro benzene ring substituents is 1. The number of ether oxygens (including phenoxy) is 1. The summed E-state index contributed by atoms with van der Waals surface area (Å²) in [6, 6.07) is 7.80. The largest absolute Gasteiger partial charge is 0.432 e. The van der Waals surface area contributed by atoms with Crippen molar-refractivity contribution in [2.45, 2.75) is 6.92 Å². The summed E-state index contributed by atoms with van der Waals surface area (Å²) < 4.78 is 5.38. The quantitative estimate of drug-likeness (QED) is 0.478. The van der Waals surface area contributed by atoms with Crippen molar-refractivity contribution < 1.29 is 14.5 Å². The number of nitrogens with zero attached hydrogens (tertiary/aromatic N) is 2. The number of benzene rings is 1. The Bertz CT molecular complexity index is 623. The smallest absolute Gasteiger partial charge is 0.314 e. The highest BCUT2D eigenvalue weighted by Gasteiger charge is 2.18. The monoisotopic (exact) mass is 258 g/mol. The SMILES string of the molecule is Cc1cccc(Oc2ccc(C=O)cn2)c1[N+](=O)[O-]. The van der Waals surface area contributed by atoms with E-state index >= 15 is 0 Å². The van der Waals surface area contributed by atoms with Gasteiger partial charge in [0.2, 0.25) is 11.6 Å². The molecule has 0 amide bonds. The van der Waals surface area contributed by atoms with Crippen LogP contribution in [0.5, 0.6) is 11.6 Å². The minimum Gasteiger partial charge on any atom is -0.432 e. The minimum atomic E-state index is -0.496. The standard InChI is InChI=1S/C13H10N2O4/c1-9-3-2-4-11(13(9)15(17)18)19-12-6-5-10(8-16)7-14-12/h2-8H,1H3. The zero-order chi connectivity index (χ0) is 13.8. The third-order valence-corrected chi connectivity index (χ3v) is 2.49. The number of aromatic nitrogens is 1. The number of hydrogen-bond donors (Lipinski definition) is 0. The number of aryl methyl sites for hydroxylation is 1. The lowest BCUT2D eigenvalue weighted by Gasteiger charge is -2.06. The van der Waals surface area contributed by atoms with E-state index in [1.54, 1.807) is 19.1 Å². The van der Waals surface area contributed by atoms with Crippen LogP contribution in [-0.4, -0.2) is 16.2 Å². The number of carbonyl (C=O) groups excluding carboxylic acids is 1. The molecule has 6 nitrogen and oxygen atoms in total. The van der Waals surface area contributed by atoms with Crippen LogP contribution in [-0.2, 0) is 0 Å². The van der Waals surface area contributed by atoms with Crippen molar-refractivity contribution in [1.82, 2.24) is 4.98 Å². The molecule has 1 aromatic heterocycles. The summed E-state index contributed by atoms with van der Waals surface area (Å²) in [7, 11) is 0. The second-order valence-electron chi connectivity index (χ2n) is 3.83. The number of carbonyl (C=O) groups is 1. The Morgan fingerprint density at radius 2 is 2.11 bits per heavy atom. The van der Waals surface area contributed by atoms with E-state index in [2.05, 4.69) is 4.98 Å². The van der Waals surface area contributed by atoms with Crippen LogP contribution >= 0.6 is 0 Å². The molecule has 2 rings (SSSR count). The first-order valence-electron chi connectivity index (χ1n) is 5.45. The molecule has 0 aliphatic rings. The molecule has 0 radical (unpaired) electrons. The van der Waals surface area contributed by atoms with Crippen molar-refractivity contribution in [2.75, 3.05) is 0 Å². The lowest BCUT2D eigenvalue weighted by atomic mass is 10.2. The van der Waals surface area contributed by atoms with Gasteiger partial charge in [-0.05, 0) is 19.1 Å². The third kappa shape index (κ3) is 2.74. The first kappa shape index (κ1) is 12.7. The summed E-state index contributed by atoms with van der Waals surface area (Å²) in [5, 5.41) is 11.0. The van der Waals surface area contributed by atoms with Crippen LogP contribution in [0.4, 0.5) is 5.69 Å². The average molecular weight is 258 g/mol. The van der Waals surface area contributed by atoms with Gasteiger partial charge in [-0.25, -0.2) is 4.98 Å². The molecule has 19 heavy (non-hydrogen) atoms. The van der Waals surface area contributed by atoms with Crippen LogP contribution in [0.1, 0.15) is 15.9 Å². The van der Waals surface area contributed by atoms with Crippen LogP contribution in [0, 0.1) is 17.0 Å². The molecule has 0 saturated heterocycles. The Labute approximate surface area is 108 Å². The predicted molar refractivity (Wildman–Crippen MR) is 67.5 cm³/mol. The fraction of sp³-hybridized carbons (Fsp3) is 0.0769. The molecule has 1 aromatic carbocycles. The lowest BCUT2D eigenvalue weighted by molar-refractivity contribution is -0.386. The van der Waals surface area contributed by atoms with E-state index in [1.807, 2.05) is 0 Å². The van der Waals surface area contributed by atoms with Crippen molar-refractivity contribution >= 4 is 12.0 Å². The molecule has 6 heteroatoms. The normalized spacial score (nSPS) is 9.95. The molecule has 0 saturated carbocycles. The van der Waals surface area contributed by atoms with Crippen molar-refractivity contribution in [3.63, 3.8) is 0 Å². The van der Waals surface area contributed by atoms with E-state index < -0.39 is 4.92 Å². The highest BCUT2D eigenvalue weighted by atomic mass is 16.6. The molecule has 0 atom stereocenters. The number of pyridine rings is 1. The molecule has 0 fully saturated rings. The van der Waals surface area contributed by atoms with Crippen LogP contribution in [0.3, 0.4) is 0 Å². The fourth-order valence-corrected chi connectivity index (χ4v) is 1.58. The molecule has 0 bridgehead atoms. The highest BCUT2D eigenvalue weighted by molar-refractivity contribution is 5.74. The number of rotatable bonds is 4. The van der Waals surface area contributed by atoms with Gasteiger partial charge in [0.15, 0.2) is 6.29 Å². The van der Waals surface area contributed by atoms with Crippen LogP contribution in [0.25, 0.3) is 0 Å². The molecule has 0 unspecified atom stereocenters. The van der Waals surface area contributed by atoms with Crippen molar-refractivity contribution in [2.24, 2.45) is 0 Å². The molecule has 0 N–H and O–H groups in total. The topological polar surface area (TPSA) is 82.3 Å². The van der Waals surface area contributed by atoms with Gasteiger partial charge in [0.1, 0.15) is 0 Å². The van der Waals surface area contributed by atoms with Gasteiger partial charge in [-0.1, -0.05) is 12.1 Å². The Morgan fingerprint density at radius 1 is 1.32 bits per heavy atom. The minimum absolute atomic E-state index is 0.0937. The van der Waals surface area contributed by atoms with Crippen LogP contribution in [0.2, 0.25) is 0 Å². The van der Waals surface area contributed by atoms with Gasteiger partial charge in [0, 0.05) is 23.4 Å². The van der Waals surface area contributed by atoms with Gasteiger partial charge >= 0.3 is 5.69 Å². The Balaban J connectivity index is 2.34. The van der Waals surface area contributed by atoms with Gasteiger partial charge < -0.3 is 4.74 Å². The Morgan fingerprint density at radius 3 is 2.68 bits per heavy atom. The molecular formula is C13H10N2O4. The van der Waals surface area contributed by atoms with Gasteiger partial charge in [-0.2, -0.15) is 0 Å². The third-order valence-electron chi connectivity index (χ3n) is 2.49. The van der Waals surface area contributed by atoms with E-state index in [1.165, 1.54) is 24.4 Å². The Kier molecular flexibility index (Phi) is 3.51. The van der Waals surface area contributed by atoms with E-state index in [9.17, 15) is 14.9 Å². The maximum absolute atomic E-state index is 11.0. The number of nitro groups is 1. The molecule has 96 valence electrons. The van der Waals surface area contributed by atoms with Crippen LogP contribution < -0.4 is 4.74 Å². The van der Waals surface area contributed by atoms with Crippen LogP contribution in [0.15, 0.2) is 36.5 Å². The summed E-state index contributed by atoms with van der Waals surface area (Å²) in [6.45, 7) is 1.63. The van der Waals surface area contributed by atoms with Crippen molar-refractivity contribution in [3.8, 4) is 11.6 Å². The maximum Gasteiger partial charge on any atom is 0.314 e. The molecule has 0 spiro atoms. The van der Waals surface area contributed by atoms with Gasteiger partial charge in [0.05, 0.1) is 4.92 Å². The van der Waals surface area contributed by atoms with E-state index in [4.69, 9.17) is 4.74 Å². The van der Waals surface area contributed by atoms with Crippen molar-refractivity contribution in [3.05, 3.63) is 57.8 Å². The van der Waals surface area contributed by atoms with Gasteiger partial charge in [-0.15, -0.1) is 0 Å². The lowest BCUT2D eigenvalue weighted by Crippen LogP contribution is -1.97. The molecular weight excluding hydrogens is 248 g/mol. The summed E-state index contributed by atoms with van der Waals surface area (Å²) in [5.41, 5.74) is 0.821. The van der Waals surface area contributed by atoms with Gasteiger partial charge in [0.25, 0.3) is 0 Å². The summed E-state index contributed by atoms with van der Waals surface area (Å²) in [4.78, 5) is 24.9. The fourth-order valence-electron chi connectivity index (χ4n) is 1.58. The number of para-hydroxylation sites is 1. The summed E-state index contributed by atoms with van der Waals surface area (Å²) >= 11 is 0. The van der Waals surface area contributed by atoms with Crippen molar-refractivity contribution in [1.29, 1.82) is 0 Å². The number of aldehydes is 1. The zero-order valence-electron chi connectivity index (χ0n) is 10.1. The highest BCUT2D eigenvalue weighted by Crippen LogP contribution is 2.33. The van der Waals surface area contributed by atoms with E-state index in [0.717, 1.165) is 0 Å². The van der Waals surface area contributed by atoms with E-state index in [-0.39, 0.29) is 17.3 Å². The average Bonchev–Trinajstić information content (AvgIpc) is 2.39. The summed E-state index contributed by atoms with van der Waals surface area (Å²) in [5.74, 6) is 0.315. The second-order valence-corrected chi connectivity index (χ2v) is 3.83. The second kappa shape index (κ2) is 5.26. The molecule has 0 aliphatic heterocycles. The predicted octanol–water partition coefficient (Wildman–Crippen LogP) is 2.90. The maximum atomic E-state index is 11.0. The molecule has 1 heterocycles. The first-order chi connectivity index (χ1) is 9.11.